The predicted molar refractivity (Wildman–Crippen MR) is 111 cm³/mol. The fourth-order valence-electron chi connectivity index (χ4n) is 3.20. The highest BCUT2D eigenvalue weighted by Crippen LogP contribution is 2.34. The Kier molecular flexibility index (Phi) is 6.61. The highest BCUT2D eigenvalue weighted by atomic mass is 32.2. The summed E-state index contributed by atoms with van der Waals surface area (Å²) in [6.07, 6.45) is -3.23. The molecule has 2 aromatic carbocycles. The van der Waals surface area contributed by atoms with Crippen molar-refractivity contribution in [2.45, 2.75) is 18.0 Å². The van der Waals surface area contributed by atoms with Crippen LogP contribution in [0.1, 0.15) is 16.7 Å². The zero-order valence-electron chi connectivity index (χ0n) is 16.6. The Hall–Kier alpha value is -2.21. The molecule has 1 heterocycles. The van der Waals surface area contributed by atoms with Crippen molar-refractivity contribution < 1.29 is 30.0 Å². The number of aryl methyl sites for hydroxylation is 1. The van der Waals surface area contributed by atoms with Gasteiger partial charge in [-0.1, -0.05) is 36.4 Å². The van der Waals surface area contributed by atoms with Crippen LogP contribution in [0.5, 0.6) is 0 Å². The van der Waals surface area contributed by atoms with E-state index in [1.54, 1.807) is 30.3 Å². The second-order valence-corrected chi connectivity index (χ2v) is 10.8. The summed E-state index contributed by atoms with van der Waals surface area (Å²) in [5.41, 5.74) is -0.388. The van der Waals surface area contributed by atoms with Gasteiger partial charge in [-0.15, -0.1) is 0 Å². The molecule has 1 saturated heterocycles. The van der Waals surface area contributed by atoms with Gasteiger partial charge in [-0.2, -0.15) is 21.8 Å². The first kappa shape index (κ1) is 23.5. The van der Waals surface area contributed by atoms with Crippen LogP contribution in [0.2, 0.25) is 0 Å². The SMILES string of the molecule is Cc1ccc(S(=O)(=O)N2CCN(S(=O)(=O)/C=C/c3ccccc3)CC2)cc1C(F)(F)F. The van der Waals surface area contributed by atoms with Crippen LogP contribution in [0.3, 0.4) is 0 Å². The van der Waals surface area contributed by atoms with E-state index in [0.29, 0.717) is 11.6 Å². The van der Waals surface area contributed by atoms with Gasteiger partial charge in [0, 0.05) is 31.6 Å². The molecule has 31 heavy (non-hydrogen) atoms. The molecule has 6 nitrogen and oxygen atoms in total. The van der Waals surface area contributed by atoms with Crippen molar-refractivity contribution in [3.63, 3.8) is 0 Å². The van der Waals surface area contributed by atoms with Crippen molar-refractivity contribution in [1.82, 2.24) is 8.61 Å². The Morgan fingerprint density at radius 2 is 1.45 bits per heavy atom. The smallest absolute Gasteiger partial charge is 0.208 e. The van der Waals surface area contributed by atoms with Crippen molar-refractivity contribution >= 4 is 26.1 Å². The molecule has 0 aromatic heterocycles. The third-order valence-electron chi connectivity index (χ3n) is 4.94. The minimum absolute atomic E-state index is 0.0763. The van der Waals surface area contributed by atoms with Gasteiger partial charge in [0.2, 0.25) is 20.0 Å². The van der Waals surface area contributed by atoms with Gasteiger partial charge in [-0.05, 0) is 36.3 Å². The van der Waals surface area contributed by atoms with Crippen LogP contribution in [-0.2, 0) is 26.2 Å². The number of sulfonamides is 2. The lowest BCUT2D eigenvalue weighted by Gasteiger charge is -2.32. The predicted octanol–water partition coefficient (Wildman–Crippen LogP) is 3.32. The summed E-state index contributed by atoms with van der Waals surface area (Å²) in [6, 6.07) is 11.7. The van der Waals surface area contributed by atoms with Gasteiger partial charge in [-0.3, -0.25) is 0 Å². The molecule has 0 N–H and O–H groups in total. The van der Waals surface area contributed by atoms with E-state index in [9.17, 15) is 30.0 Å². The summed E-state index contributed by atoms with van der Waals surface area (Å²) in [5.74, 6) is 0. The largest absolute Gasteiger partial charge is 0.416 e. The zero-order valence-corrected chi connectivity index (χ0v) is 18.2. The van der Waals surface area contributed by atoms with Crippen LogP contribution in [0.15, 0.2) is 58.8 Å². The van der Waals surface area contributed by atoms with E-state index in [2.05, 4.69) is 0 Å². The molecule has 0 unspecified atom stereocenters. The molecule has 2 aromatic rings. The number of rotatable bonds is 5. The number of hydrogen-bond acceptors (Lipinski definition) is 4. The van der Waals surface area contributed by atoms with Crippen LogP contribution in [0.4, 0.5) is 13.2 Å². The van der Waals surface area contributed by atoms with E-state index < -0.39 is 36.7 Å². The first-order valence-corrected chi connectivity index (χ1v) is 12.3. The third-order valence-corrected chi connectivity index (χ3v) is 8.40. The van der Waals surface area contributed by atoms with Crippen molar-refractivity contribution in [2.75, 3.05) is 26.2 Å². The van der Waals surface area contributed by atoms with Crippen molar-refractivity contribution in [3.8, 4) is 0 Å². The standard InChI is InChI=1S/C20H21F3N2O4S2/c1-16-7-8-18(15-19(16)20(21,22)23)31(28,29)25-12-10-24(11-13-25)30(26,27)14-9-17-5-3-2-4-6-17/h2-9,14-15H,10-13H2,1H3/b14-9+. The minimum Gasteiger partial charge on any atom is -0.208 e. The molecule has 0 saturated carbocycles. The summed E-state index contributed by atoms with van der Waals surface area (Å²) in [5, 5.41) is 1.06. The molecule has 1 aliphatic rings. The van der Waals surface area contributed by atoms with Gasteiger partial charge in [0.1, 0.15) is 0 Å². The maximum Gasteiger partial charge on any atom is 0.416 e. The topological polar surface area (TPSA) is 74.8 Å². The molecule has 0 spiro atoms. The quantitative estimate of drug-likeness (QED) is 0.667. The van der Waals surface area contributed by atoms with Crippen LogP contribution in [0.25, 0.3) is 6.08 Å². The molecule has 3 rings (SSSR count). The van der Waals surface area contributed by atoms with E-state index in [1.165, 1.54) is 13.0 Å². The van der Waals surface area contributed by atoms with Crippen LogP contribution in [-0.4, -0.2) is 51.6 Å². The number of halogens is 3. The molecule has 0 radical (unpaired) electrons. The lowest BCUT2D eigenvalue weighted by atomic mass is 10.1. The second kappa shape index (κ2) is 8.73. The molecule has 168 valence electrons. The Bertz CT molecular complexity index is 1170. The molecule has 11 heteroatoms. The molecule has 0 bridgehead atoms. The van der Waals surface area contributed by atoms with E-state index in [1.807, 2.05) is 0 Å². The van der Waals surface area contributed by atoms with Crippen LogP contribution in [0, 0.1) is 6.92 Å². The third kappa shape index (κ3) is 5.35. The lowest BCUT2D eigenvalue weighted by Crippen LogP contribution is -2.49. The van der Waals surface area contributed by atoms with Gasteiger partial charge in [0.25, 0.3) is 0 Å². The molecular formula is C20H21F3N2O4S2. The van der Waals surface area contributed by atoms with Crippen molar-refractivity contribution in [2.24, 2.45) is 0 Å². The fraction of sp³-hybridized carbons (Fsp3) is 0.300. The van der Waals surface area contributed by atoms with Gasteiger partial charge in [0.15, 0.2) is 0 Å². The first-order valence-electron chi connectivity index (χ1n) is 9.32. The minimum atomic E-state index is -4.67. The summed E-state index contributed by atoms with van der Waals surface area (Å²) in [6.45, 7) is 0.745. The monoisotopic (exact) mass is 474 g/mol. The Morgan fingerprint density at radius 1 is 0.871 bits per heavy atom. The molecule has 1 fully saturated rings. The first-order chi connectivity index (χ1) is 14.4. The maximum atomic E-state index is 13.1. The Morgan fingerprint density at radius 3 is 2.03 bits per heavy atom. The summed E-state index contributed by atoms with van der Waals surface area (Å²) in [4.78, 5) is -0.467. The molecular weight excluding hydrogens is 453 g/mol. The van der Waals surface area contributed by atoms with Crippen LogP contribution >= 0.6 is 0 Å². The molecule has 0 aliphatic carbocycles. The lowest BCUT2D eigenvalue weighted by molar-refractivity contribution is -0.138. The number of hydrogen-bond donors (Lipinski definition) is 0. The summed E-state index contributed by atoms with van der Waals surface area (Å²) in [7, 11) is -7.96. The number of piperazine rings is 1. The Balaban J connectivity index is 1.74. The van der Waals surface area contributed by atoms with Crippen molar-refractivity contribution in [1.29, 1.82) is 0 Å². The average Bonchev–Trinajstić information content (AvgIpc) is 2.72. The number of nitrogens with zero attached hydrogens (tertiary/aromatic N) is 2. The van der Waals surface area contributed by atoms with Gasteiger partial charge in [-0.25, -0.2) is 16.8 Å². The zero-order chi connectivity index (χ0) is 22.9. The number of benzene rings is 2. The van der Waals surface area contributed by atoms with Gasteiger partial charge in [0.05, 0.1) is 10.5 Å². The molecule has 0 atom stereocenters. The average molecular weight is 475 g/mol. The molecule has 0 amide bonds. The van der Waals surface area contributed by atoms with E-state index in [0.717, 1.165) is 26.2 Å². The fourth-order valence-corrected chi connectivity index (χ4v) is 5.82. The summed E-state index contributed by atoms with van der Waals surface area (Å²) >= 11 is 0. The Labute approximate surface area is 179 Å². The summed E-state index contributed by atoms with van der Waals surface area (Å²) < 4.78 is 92.3. The van der Waals surface area contributed by atoms with Gasteiger partial charge < -0.3 is 0 Å². The van der Waals surface area contributed by atoms with E-state index in [-0.39, 0.29) is 31.7 Å². The van der Waals surface area contributed by atoms with E-state index >= 15 is 0 Å². The highest BCUT2D eigenvalue weighted by Gasteiger charge is 2.36. The normalized spacial score (nSPS) is 17.3. The van der Waals surface area contributed by atoms with Crippen molar-refractivity contribution in [3.05, 3.63) is 70.6 Å². The number of alkyl halides is 3. The van der Waals surface area contributed by atoms with E-state index in [4.69, 9.17) is 0 Å². The van der Waals surface area contributed by atoms with Gasteiger partial charge >= 0.3 is 6.18 Å². The second-order valence-electron chi connectivity index (χ2n) is 7.04. The molecule has 1 aliphatic heterocycles. The highest BCUT2D eigenvalue weighted by molar-refractivity contribution is 7.92. The maximum absolute atomic E-state index is 13.1. The van der Waals surface area contributed by atoms with Crippen LogP contribution < -0.4 is 0 Å².